The van der Waals surface area contributed by atoms with Gasteiger partial charge in [-0.3, -0.25) is 4.90 Å². The summed E-state index contributed by atoms with van der Waals surface area (Å²) in [5, 5.41) is 10.6. The molecule has 194 valence electrons. The van der Waals surface area contributed by atoms with Gasteiger partial charge in [-0.25, -0.2) is 22.4 Å². The van der Waals surface area contributed by atoms with Crippen LogP contribution in [0.2, 0.25) is 0 Å². The van der Waals surface area contributed by atoms with Gasteiger partial charge in [0.25, 0.3) is 6.43 Å². The lowest BCUT2D eigenvalue weighted by Crippen LogP contribution is -2.56. The van der Waals surface area contributed by atoms with Crippen LogP contribution < -0.4 is 0 Å². The van der Waals surface area contributed by atoms with Crippen LogP contribution in [0.3, 0.4) is 0 Å². The second-order valence-electron chi connectivity index (χ2n) is 9.56. The molecule has 0 aliphatic carbocycles. The molecule has 1 saturated heterocycles. The summed E-state index contributed by atoms with van der Waals surface area (Å²) in [5.74, 6) is -1.22. The first-order valence-corrected chi connectivity index (χ1v) is 12.1. The van der Waals surface area contributed by atoms with E-state index in [1.807, 2.05) is 6.07 Å². The Morgan fingerprint density at radius 1 is 1.14 bits per heavy atom. The number of urea groups is 1. The first-order valence-electron chi connectivity index (χ1n) is 12.1. The summed E-state index contributed by atoms with van der Waals surface area (Å²) >= 11 is 0. The fraction of sp³-hybridized carbons (Fsp3) is 0.444. The van der Waals surface area contributed by atoms with Crippen molar-refractivity contribution < 1.29 is 27.5 Å². The van der Waals surface area contributed by atoms with E-state index in [-0.39, 0.29) is 24.2 Å². The van der Waals surface area contributed by atoms with Gasteiger partial charge < -0.3 is 14.9 Å². The van der Waals surface area contributed by atoms with Gasteiger partial charge >= 0.3 is 6.03 Å². The predicted molar refractivity (Wildman–Crippen MR) is 129 cm³/mol. The Balaban J connectivity index is 1.63. The molecule has 2 heterocycles. The predicted octanol–water partition coefficient (Wildman–Crippen LogP) is 4.72. The van der Waals surface area contributed by atoms with Crippen molar-refractivity contribution in [3.8, 4) is 0 Å². The molecule has 2 atom stereocenters. The molecule has 2 unspecified atom stereocenters. The summed E-state index contributed by atoms with van der Waals surface area (Å²) in [5.41, 5.74) is -0.198. The van der Waals surface area contributed by atoms with E-state index in [0.29, 0.717) is 37.1 Å². The average molecular weight is 506 g/mol. The number of nitrogens with zero attached hydrogens (tertiary/aromatic N) is 3. The van der Waals surface area contributed by atoms with Crippen LogP contribution in [0.5, 0.6) is 0 Å². The van der Waals surface area contributed by atoms with E-state index in [2.05, 4.69) is 0 Å². The van der Waals surface area contributed by atoms with Crippen LogP contribution >= 0.6 is 0 Å². The molecular formula is C27H31F4N3O2. The number of hydrogen-bond donors (Lipinski definition) is 1. The van der Waals surface area contributed by atoms with E-state index in [9.17, 15) is 27.5 Å². The van der Waals surface area contributed by atoms with E-state index >= 15 is 0 Å². The Hall–Kier alpha value is -2.91. The van der Waals surface area contributed by atoms with Crippen LogP contribution in [0.4, 0.5) is 22.4 Å². The lowest BCUT2D eigenvalue weighted by Gasteiger charge is -2.43. The van der Waals surface area contributed by atoms with Gasteiger partial charge in [0.05, 0.1) is 12.6 Å². The average Bonchev–Trinajstić information content (AvgIpc) is 3.30. The highest BCUT2D eigenvalue weighted by molar-refractivity contribution is 5.83. The molecule has 0 saturated carbocycles. The van der Waals surface area contributed by atoms with Gasteiger partial charge in [-0.05, 0) is 55.2 Å². The van der Waals surface area contributed by atoms with Crippen molar-refractivity contribution in [2.24, 2.45) is 0 Å². The van der Waals surface area contributed by atoms with Gasteiger partial charge in [-0.15, -0.1) is 0 Å². The van der Waals surface area contributed by atoms with Crippen LogP contribution in [-0.2, 0) is 5.54 Å². The number of rotatable bonds is 6. The van der Waals surface area contributed by atoms with Gasteiger partial charge in [0.1, 0.15) is 17.2 Å². The maximum atomic E-state index is 14.7. The molecule has 4 rings (SSSR count). The Kier molecular flexibility index (Phi) is 7.70. The largest absolute Gasteiger partial charge is 0.393 e. The van der Waals surface area contributed by atoms with Crippen LogP contribution in [0.15, 0.2) is 54.6 Å². The number of carbonyl (C=O) groups is 1. The standard InChI is InChI=1S/C27H31F4N3O2/c1-18(25(30)31)33-12-10-22(11-13-33)32(2)26(36)34-16-19(23-14-21(28)8-9-24(23)29)15-27(34,17-35)20-6-4-3-5-7-20/h3-9,14-15,18,22,25,35H,10-13,16-17H2,1-2H3. The molecule has 1 N–H and O–H groups in total. The zero-order valence-electron chi connectivity index (χ0n) is 20.4. The first kappa shape index (κ1) is 26.2. The van der Waals surface area contributed by atoms with Gasteiger partial charge in [0, 0.05) is 38.3 Å². The van der Waals surface area contributed by atoms with Crippen molar-refractivity contribution in [2.45, 2.75) is 43.8 Å². The first-order chi connectivity index (χ1) is 17.2. The molecular weight excluding hydrogens is 474 g/mol. The second kappa shape index (κ2) is 10.6. The van der Waals surface area contributed by atoms with Crippen molar-refractivity contribution in [1.29, 1.82) is 0 Å². The molecule has 2 aromatic carbocycles. The molecule has 2 aromatic rings. The smallest absolute Gasteiger partial charge is 0.321 e. The minimum absolute atomic E-state index is 0.0275. The topological polar surface area (TPSA) is 47.0 Å². The number of likely N-dealkylation sites (tertiary alicyclic amines) is 1. The number of aliphatic hydroxyl groups is 1. The molecule has 0 radical (unpaired) electrons. The maximum absolute atomic E-state index is 14.7. The third-order valence-corrected chi connectivity index (χ3v) is 7.53. The maximum Gasteiger partial charge on any atom is 0.321 e. The van der Waals surface area contributed by atoms with Crippen molar-refractivity contribution in [3.63, 3.8) is 0 Å². The van der Waals surface area contributed by atoms with E-state index in [1.54, 1.807) is 47.2 Å². The Morgan fingerprint density at radius 2 is 1.81 bits per heavy atom. The molecule has 0 aromatic heterocycles. The lowest BCUT2D eigenvalue weighted by molar-refractivity contribution is 0.0109. The zero-order chi connectivity index (χ0) is 26.0. The summed E-state index contributed by atoms with van der Waals surface area (Å²) in [6, 6.07) is 10.7. The molecule has 2 aliphatic rings. The zero-order valence-corrected chi connectivity index (χ0v) is 20.4. The van der Waals surface area contributed by atoms with Gasteiger partial charge in [0.15, 0.2) is 0 Å². The lowest BCUT2D eigenvalue weighted by atomic mass is 9.89. The quantitative estimate of drug-likeness (QED) is 0.578. The molecule has 0 spiro atoms. The number of amides is 2. The molecule has 2 aliphatic heterocycles. The van der Waals surface area contributed by atoms with Gasteiger partial charge in [-0.1, -0.05) is 30.3 Å². The summed E-state index contributed by atoms with van der Waals surface area (Å²) in [6.45, 7) is 1.89. The summed E-state index contributed by atoms with van der Waals surface area (Å²) in [7, 11) is 1.66. The molecule has 9 heteroatoms. The highest BCUT2D eigenvalue weighted by Gasteiger charge is 2.46. The highest BCUT2D eigenvalue weighted by atomic mass is 19.3. The second-order valence-corrected chi connectivity index (χ2v) is 9.56. The molecule has 2 amide bonds. The monoisotopic (exact) mass is 505 g/mol. The number of halogens is 4. The number of alkyl halides is 2. The van der Waals surface area contributed by atoms with Crippen molar-refractivity contribution in [3.05, 3.63) is 77.4 Å². The number of aliphatic hydroxyl groups excluding tert-OH is 1. The van der Waals surface area contributed by atoms with Gasteiger partial charge in [0.2, 0.25) is 0 Å². The summed E-state index contributed by atoms with van der Waals surface area (Å²) in [4.78, 5) is 18.6. The number of benzene rings is 2. The summed E-state index contributed by atoms with van der Waals surface area (Å²) in [6.07, 6.45) is 0.264. The van der Waals surface area contributed by atoms with Crippen molar-refractivity contribution >= 4 is 11.6 Å². The molecule has 0 bridgehead atoms. The Bertz CT molecular complexity index is 1110. The van der Waals surface area contributed by atoms with Crippen LogP contribution in [0.25, 0.3) is 5.57 Å². The summed E-state index contributed by atoms with van der Waals surface area (Å²) < 4.78 is 54.9. The van der Waals surface area contributed by atoms with Crippen LogP contribution in [0, 0.1) is 11.6 Å². The van der Waals surface area contributed by atoms with Gasteiger partial charge in [-0.2, -0.15) is 0 Å². The van der Waals surface area contributed by atoms with Crippen LogP contribution in [0.1, 0.15) is 30.9 Å². The van der Waals surface area contributed by atoms with Crippen molar-refractivity contribution in [1.82, 2.24) is 14.7 Å². The molecule has 5 nitrogen and oxygen atoms in total. The molecule has 1 fully saturated rings. The van der Waals surface area contributed by atoms with E-state index in [0.717, 1.165) is 18.2 Å². The Morgan fingerprint density at radius 3 is 2.42 bits per heavy atom. The normalized spacial score (nSPS) is 22.1. The third-order valence-electron chi connectivity index (χ3n) is 7.53. The fourth-order valence-electron chi connectivity index (χ4n) is 5.24. The third kappa shape index (κ3) is 4.86. The van der Waals surface area contributed by atoms with E-state index in [4.69, 9.17) is 0 Å². The molecule has 36 heavy (non-hydrogen) atoms. The van der Waals surface area contributed by atoms with E-state index in [1.165, 1.54) is 11.8 Å². The number of carbonyl (C=O) groups excluding carboxylic acids is 1. The Labute approximate surface area is 208 Å². The fourth-order valence-corrected chi connectivity index (χ4v) is 5.24. The minimum Gasteiger partial charge on any atom is -0.393 e. The van der Waals surface area contributed by atoms with E-state index < -0.39 is 36.2 Å². The van der Waals surface area contributed by atoms with Crippen LogP contribution in [-0.4, -0.2) is 77.6 Å². The number of piperidine rings is 1. The highest BCUT2D eigenvalue weighted by Crippen LogP contribution is 2.41. The number of hydrogen-bond acceptors (Lipinski definition) is 3. The SMILES string of the molecule is CC(C(F)F)N1CCC(N(C)C(=O)N2CC(c3cc(F)ccc3F)=CC2(CO)c2ccccc2)CC1. The minimum atomic E-state index is -2.44. The van der Waals surface area contributed by atoms with Crippen molar-refractivity contribution in [2.75, 3.05) is 33.3 Å².